The van der Waals surface area contributed by atoms with Crippen LogP contribution in [0, 0.1) is 17.5 Å². The van der Waals surface area contributed by atoms with Crippen LogP contribution in [0.25, 0.3) is 0 Å². The van der Waals surface area contributed by atoms with Crippen LogP contribution in [0.4, 0.5) is 13.2 Å². The van der Waals surface area contributed by atoms with Gasteiger partial charge in [-0.25, -0.2) is 13.2 Å². The summed E-state index contributed by atoms with van der Waals surface area (Å²) in [5, 5.41) is 0. The molecule has 0 fully saturated rings. The van der Waals surface area contributed by atoms with E-state index < -0.39 is 17.5 Å². The Morgan fingerprint density at radius 3 is 2.14 bits per heavy atom. The number of nitrogens with two attached hydrogens (primary N) is 1. The van der Waals surface area contributed by atoms with Gasteiger partial charge in [0.2, 0.25) is 0 Å². The number of hydrogen-bond acceptors (Lipinski definition) is 3. The topological polar surface area (TPSA) is 52.3 Å². The fourth-order valence-electron chi connectivity index (χ4n) is 1.45. The summed E-state index contributed by atoms with van der Waals surface area (Å²) >= 11 is 0. The summed E-state index contributed by atoms with van der Waals surface area (Å²) in [6, 6.07) is 1.53. The van der Waals surface area contributed by atoms with E-state index in [1.165, 1.54) is 0 Å². The van der Waals surface area contributed by atoms with Gasteiger partial charge >= 0.3 is 0 Å². The van der Waals surface area contributed by atoms with Gasteiger partial charge < -0.3 is 10.5 Å². The zero-order valence-corrected chi connectivity index (χ0v) is 13.0. The molecule has 0 aliphatic rings. The maximum atomic E-state index is 13.2. The summed E-state index contributed by atoms with van der Waals surface area (Å²) in [4.78, 5) is 9.18. The van der Waals surface area contributed by atoms with Crippen LogP contribution in [-0.4, -0.2) is 19.6 Å². The van der Waals surface area contributed by atoms with Crippen molar-refractivity contribution in [2.45, 2.75) is 40.0 Å². The fourth-order valence-corrected chi connectivity index (χ4v) is 1.45. The molecule has 0 aliphatic carbocycles. The first-order valence-electron chi connectivity index (χ1n) is 6.91. The first-order chi connectivity index (χ1) is 10.0. The Kier molecular flexibility index (Phi) is 13.9. The minimum atomic E-state index is -1.16. The lowest BCUT2D eigenvalue weighted by Crippen LogP contribution is -2.14. The quantitative estimate of drug-likeness (QED) is 0.665. The van der Waals surface area contributed by atoms with Crippen molar-refractivity contribution < 1.29 is 22.7 Å². The number of carbonyl (C=O) groups is 1. The first kappa shape index (κ1) is 21.7. The lowest BCUT2D eigenvalue weighted by molar-refractivity contribution is -0.128. The number of rotatable bonds is 5. The summed E-state index contributed by atoms with van der Waals surface area (Å²) in [6.45, 7) is 8.63. The molecule has 2 N–H and O–H groups in total. The maximum Gasteiger partial charge on any atom is 0.293 e. The lowest BCUT2D eigenvalue weighted by Gasteiger charge is -2.13. The largest absolute Gasteiger partial charge is 0.468 e. The highest BCUT2D eigenvalue weighted by Gasteiger charge is 2.17. The summed E-state index contributed by atoms with van der Waals surface area (Å²) < 4.78 is 43.0. The summed E-state index contributed by atoms with van der Waals surface area (Å²) in [7, 11) is 0. The van der Waals surface area contributed by atoms with Gasteiger partial charge in [-0.05, 0) is 37.4 Å². The predicted molar refractivity (Wildman–Crippen MR) is 77.4 cm³/mol. The van der Waals surface area contributed by atoms with Crippen molar-refractivity contribution in [3.8, 4) is 0 Å². The van der Waals surface area contributed by atoms with Crippen LogP contribution in [-0.2, 0) is 9.53 Å². The third-order valence-corrected chi connectivity index (χ3v) is 2.47. The molecule has 1 aromatic carbocycles. The molecule has 1 aromatic rings. The average Bonchev–Trinajstić information content (AvgIpc) is 2.49. The van der Waals surface area contributed by atoms with Gasteiger partial charge in [-0.1, -0.05) is 20.8 Å². The Balaban J connectivity index is 0. The van der Waals surface area contributed by atoms with Gasteiger partial charge in [0.05, 0.1) is 6.61 Å². The molecule has 3 nitrogen and oxygen atoms in total. The molecule has 122 valence electrons. The molecule has 6 heteroatoms. The molecule has 0 saturated heterocycles. The Morgan fingerprint density at radius 2 is 1.81 bits per heavy atom. The van der Waals surface area contributed by atoms with Crippen molar-refractivity contribution in [3.05, 3.63) is 35.1 Å². The Hall–Kier alpha value is -1.56. The second-order valence-corrected chi connectivity index (χ2v) is 3.68. The fraction of sp³-hybridized carbons (Fsp3) is 0.533. The highest BCUT2D eigenvalue weighted by molar-refractivity contribution is 5.36. The molecule has 0 saturated carbocycles. The van der Waals surface area contributed by atoms with Crippen LogP contribution < -0.4 is 5.73 Å². The second kappa shape index (κ2) is 13.4. The van der Waals surface area contributed by atoms with E-state index in [2.05, 4.69) is 4.74 Å². The highest BCUT2D eigenvalue weighted by atomic mass is 19.2. The molecule has 0 amide bonds. The molecule has 0 spiro atoms. The van der Waals surface area contributed by atoms with Crippen LogP contribution in [0.2, 0.25) is 0 Å². The molecule has 0 radical (unpaired) electrons. The summed E-state index contributed by atoms with van der Waals surface area (Å²) in [6.07, 6.45) is 0.552. The maximum absolute atomic E-state index is 13.2. The molecular weight excluding hydrogens is 283 g/mol. The van der Waals surface area contributed by atoms with Gasteiger partial charge in [0.15, 0.2) is 11.6 Å². The van der Waals surface area contributed by atoms with Crippen molar-refractivity contribution in [3.63, 3.8) is 0 Å². The van der Waals surface area contributed by atoms with Crippen LogP contribution in [0.1, 0.15) is 45.6 Å². The lowest BCUT2D eigenvalue weighted by atomic mass is 9.96. The zero-order valence-electron chi connectivity index (χ0n) is 13.0. The van der Waals surface area contributed by atoms with Crippen molar-refractivity contribution in [1.29, 1.82) is 0 Å². The van der Waals surface area contributed by atoms with E-state index in [1.807, 2.05) is 13.8 Å². The van der Waals surface area contributed by atoms with Gasteiger partial charge in [0.1, 0.15) is 5.82 Å². The molecule has 0 bridgehead atoms. The van der Waals surface area contributed by atoms with E-state index in [1.54, 1.807) is 13.8 Å². The Morgan fingerprint density at radius 1 is 1.24 bits per heavy atom. The van der Waals surface area contributed by atoms with Crippen LogP contribution in [0.15, 0.2) is 12.1 Å². The van der Waals surface area contributed by atoms with E-state index in [4.69, 9.17) is 5.73 Å². The van der Waals surface area contributed by atoms with Crippen LogP contribution in [0.5, 0.6) is 0 Å². The SMILES string of the molecule is CC.CCC(CN)c1cc(F)cc(F)c1F.CCOC=O. The van der Waals surface area contributed by atoms with Crippen molar-refractivity contribution in [1.82, 2.24) is 0 Å². The number of carbonyl (C=O) groups excluding carboxylic acids is 1. The molecule has 0 aromatic heterocycles. The average molecular weight is 307 g/mol. The van der Waals surface area contributed by atoms with E-state index in [0.29, 0.717) is 25.6 Å². The van der Waals surface area contributed by atoms with Gasteiger partial charge in [-0.3, -0.25) is 4.79 Å². The first-order valence-corrected chi connectivity index (χ1v) is 6.91. The van der Waals surface area contributed by atoms with Gasteiger partial charge in [-0.2, -0.15) is 0 Å². The number of benzene rings is 1. The molecular formula is C15H24F3NO2. The van der Waals surface area contributed by atoms with E-state index in [0.717, 1.165) is 6.07 Å². The van der Waals surface area contributed by atoms with E-state index in [-0.39, 0.29) is 18.0 Å². The molecule has 1 atom stereocenters. The smallest absolute Gasteiger partial charge is 0.293 e. The second-order valence-electron chi connectivity index (χ2n) is 3.68. The van der Waals surface area contributed by atoms with Crippen LogP contribution in [0.3, 0.4) is 0 Å². The summed E-state index contributed by atoms with van der Waals surface area (Å²) in [5.41, 5.74) is 5.39. The third kappa shape index (κ3) is 8.34. The van der Waals surface area contributed by atoms with Gasteiger partial charge in [-0.15, -0.1) is 0 Å². The van der Waals surface area contributed by atoms with E-state index >= 15 is 0 Å². The molecule has 0 aliphatic heterocycles. The molecule has 1 rings (SSSR count). The Bertz CT molecular complexity index is 397. The molecule has 21 heavy (non-hydrogen) atoms. The zero-order chi connectivity index (χ0) is 16.8. The molecule has 1 unspecified atom stereocenters. The third-order valence-electron chi connectivity index (χ3n) is 2.47. The summed E-state index contributed by atoms with van der Waals surface area (Å²) in [5.74, 6) is -3.26. The normalized spacial score (nSPS) is 10.5. The van der Waals surface area contributed by atoms with Crippen LogP contribution >= 0.6 is 0 Å². The Labute approximate surface area is 124 Å². The van der Waals surface area contributed by atoms with Gasteiger partial charge in [0.25, 0.3) is 6.47 Å². The van der Waals surface area contributed by atoms with Gasteiger partial charge in [0, 0.05) is 6.07 Å². The predicted octanol–water partition coefficient (Wildman–Crippen LogP) is 3.76. The number of halogens is 3. The van der Waals surface area contributed by atoms with Crippen molar-refractivity contribution >= 4 is 6.47 Å². The van der Waals surface area contributed by atoms with Crippen molar-refractivity contribution in [2.24, 2.45) is 5.73 Å². The standard InChI is InChI=1S/C10H12F3N.C3H6O2.C2H6/c1-2-6(5-14)8-3-7(11)4-9(12)10(8)13;1-2-5-3-4;1-2/h3-4,6H,2,5,14H2,1H3;3H,2H2,1H3;1-2H3. The minimum absolute atomic E-state index is 0.0208. The van der Waals surface area contributed by atoms with E-state index in [9.17, 15) is 18.0 Å². The monoisotopic (exact) mass is 307 g/mol. The molecule has 0 heterocycles. The van der Waals surface area contributed by atoms with Crippen molar-refractivity contribution in [2.75, 3.05) is 13.2 Å². The number of ether oxygens (including phenoxy) is 1. The number of hydrogen-bond donors (Lipinski definition) is 1. The minimum Gasteiger partial charge on any atom is -0.468 e. The highest BCUT2D eigenvalue weighted by Crippen LogP contribution is 2.24.